The molecular formula is C15H16Cl2N2O4S2. The van der Waals surface area contributed by atoms with E-state index in [0.717, 1.165) is 0 Å². The van der Waals surface area contributed by atoms with Gasteiger partial charge in [-0.2, -0.15) is 0 Å². The van der Waals surface area contributed by atoms with Crippen LogP contribution in [-0.4, -0.2) is 29.9 Å². The largest absolute Gasteiger partial charge is 0.240 e. The molecule has 0 spiro atoms. The first-order valence-corrected chi connectivity index (χ1v) is 10.9. The first-order valence-electron chi connectivity index (χ1n) is 7.21. The van der Waals surface area contributed by atoms with Gasteiger partial charge in [0.15, 0.2) is 0 Å². The molecule has 0 amide bonds. The maximum atomic E-state index is 12.1. The van der Waals surface area contributed by atoms with E-state index in [1.807, 2.05) is 0 Å². The van der Waals surface area contributed by atoms with Crippen LogP contribution >= 0.6 is 23.2 Å². The molecule has 0 aliphatic rings. The third-order valence-electron chi connectivity index (χ3n) is 3.19. The molecule has 10 heteroatoms. The van der Waals surface area contributed by atoms with Gasteiger partial charge in [-0.1, -0.05) is 23.2 Å². The van der Waals surface area contributed by atoms with E-state index in [0.29, 0.717) is 16.5 Å². The van der Waals surface area contributed by atoms with Gasteiger partial charge in [-0.3, -0.25) is 0 Å². The summed E-state index contributed by atoms with van der Waals surface area (Å²) in [5.74, 6) is 0. The van der Waals surface area contributed by atoms with Crippen molar-refractivity contribution >= 4 is 43.2 Å². The Morgan fingerprint density at radius 1 is 0.640 bits per heavy atom. The fourth-order valence-corrected chi connectivity index (χ4v) is 4.30. The van der Waals surface area contributed by atoms with Crippen molar-refractivity contribution in [1.82, 2.24) is 9.44 Å². The summed E-state index contributed by atoms with van der Waals surface area (Å²) in [5.41, 5.74) is 0. The van der Waals surface area contributed by atoms with E-state index in [4.69, 9.17) is 23.2 Å². The zero-order valence-electron chi connectivity index (χ0n) is 12.9. The van der Waals surface area contributed by atoms with Crippen molar-refractivity contribution in [1.29, 1.82) is 0 Å². The second-order valence-electron chi connectivity index (χ2n) is 5.06. The zero-order valence-corrected chi connectivity index (χ0v) is 16.1. The first-order chi connectivity index (χ1) is 11.7. The number of hydrogen-bond acceptors (Lipinski definition) is 4. The summed E-state index contributed by atoms with van der Waals surface area (Å²) in [6.45, 7) is 0.183. The molecule has 0 saturated carbocycles. The van der Waals surface area contributed by atoms with Crippen LogP contribution in [-0.2, 0) is 20.0 Å². The number of benzene rings is 2. The fourth-order valence-electron chi connectivity index (χ4n) is 1.90. The van der Waals surface area contributed by atoms with Gasteiger partial charge in [0.05, 0.1) is 9.79 Å². The lowest BCUT2D eigenvalue weighted by molar-refractivity contribution is 0.572. The average Bonchev–Trinajstić information content (AvgIpc) is 2.55. The summed E-state index contributed by atoms with van der Waals surface area (Å²) in [4.78, 5) is 0.192. The van der Waals surface area contributed by atoms with Crippen LogP contribution in [0.25, 0.3) is 0 Å². The van der Waals surface area contributed by atoms with Crippen molar-refractivity contribution in [2.45, 2.75) is 16.2 Å². The van der Waals surface area contributed by atoms with Gasteiger partial charge in [0, 0.05) is 23.1 Å². The Kier molecular flexibility index (Phi) is 6.84. The molecule has 0 radical (unpaired) electrons. The Morgan fingerprint density at radius 2 is 0.960 bits per heavy atom. The molecule has 25 heavy (non-hydrogen) atoms. The Bertz CT molecular complexity index is 836. The van der Waals surface area contributed by atoms with Crippen LogP contribution in [0.2, 0.25) is 10.0 Å². The van der Waals surface area contributed by atoms with E-state index in [2.05, 4.69) is 9.44 Å². The summed E-state index contributed by atoms with van der Waals surface area (Å²) >= 11 is 11.4. The van der Waals surface area contributed by atoms with Crippen LogP contribution in [0.3, 0.4) is 0 Å². The third kappa shape index (κ3) is 5.95. The molecule has 0 fully saturated rings. The Balaban J connectivity index is 1.83. The van der Waals surface area contributed by atoms with Crippen LogP contribution < -0.4 is 9.44 Å². The van der Waals surface area contributed by atoms with Crippen molar-refractivity contribution in [3.8, 4) is 0 Å². The summed E-state index contributed by atoms with van der Waals surface area (Å²) in [6, 6.07) is 11.5. The van der Waals surface area contributed by atoms with Crippen molar-refractivity contribution in [2.75, 3.05) is 13.1 Å². The first kappa shape index (κ1) is 20.2. The van der Waals surface area contributed by atoms with Crippen LogP contribution in [0.5, 0.6) is 0 Å². The van der Waals surface area contributed by atoms with Crippen LogP contribution in [0.15, 0.2) is 58.3 Å². The molecule has 0 aromatic heterocycles. The fraction of sp³-hybridized carbons (Fsp3) is 0.200. The molecule has 0 bridgehead atoms. The Hall–Kier alpha value is -1.16. The molecule has 0 heterocycles. The molecule has 2 aromatic rings. The quantitative estimate of drug-likeness (QED) is 0.639. The summed E-state index contributed by atoms with van der Waals surface area (Å²) in [6.07, 6.45) is 0.291. The molecule has 0 aliphatic carbocycles. The second-order valence-corrected chi connectivity index (χ2v) is 9.46. The lowest BCUT2D eigenvalue weighted by Gasteiger charge is -2.08. The predicted molar refractivity (Wildman–Crippen MR) is 97.9 cm³/mol. The highest BCUT2D eigenvalue weighted by atomic mass is 35.5. The second kappa shape index (κ2) is 8.48. The van der Waals surface area contributed by atoms with Gasteiger partial charge in [-0.25, -0.2) is 26.3 Å². The standard InChI is InChI=1S/C15H16Cl2N2O4S2/c16-12-2-6-14(7-3-12)24(20,21)18-10-1-11-19-25(22,23)15-8-4-13(17)5-9-15/h2-9,18-19H,1,10-11H2. The summed E-state index contributed by atoms with van der Waals surface area (Å²) < 4.78 is 53.0. The minimum absolute atomic E-state index is 0.0914. The number of sulfonamides is 2. The van der Waals surface area contributed by atoms with E-state index < -0.39 is 20.0 Å². The van der Waals surface area contributed by atoms with E-state index in [-0.39, 0.29) is 22.9 Å². The van der Waals surface area contributed by atoms with Gasteiger partial charge in [0.1, 0.15) is 0 Å². The van der Waals surface area contributed by atoms with Crippen molar-refractivity contribution < 1.29 is 16.8 Å². The van der Waals surface area contributed by atoms with Gasteiger partial charge in [0.25, 0.3) is 0 Å². The molecule has 136 valence electrons. The van der Waals surface area contributed by atoms with Gasteiger partial charge in [0.2, 0.25) is 20.0 Å². The van der Waals surface area contributed by atoms with Crippen LogP contribution in [0, 0.1) is 0 Å². The third-order valence-corrected chi connectivity index (χ3v) is 6.64. The van der Waals surface area contributed by atoms with E-state index in [1.165, 1.54) is 48.5 Å². The molecule has 0 unspecified atom stereocenters. The zero-order chi connectivity index (χ0) is 18.5. The van der Waals surface area contributed by atoms with Gasteiger partial charge in [-0.15, -0.1) is 0 Å². The van der Waals surface area contributed by atoms with Crippen molar-refractivity contribution in [2.24, 2.45) is 0 Å². The van der Waals surface area contributed by atoms with E-state index >= 15 is 0 Å². The topological polar surface area (TPSA) is 92.3 Å². The Labute approximate surface area is 157 Å². The number of hydrogen-bond donors (Lipinski definition) is 2. The lowest BCUT2D eigenvalue weighted by Crippen LogP contribution is -2.30. The highest BCUT2D eigenvalue weighted by Crippen LogP contribution is 2.14. The molecule has 2 rings (SSSR count). The van der Waals surface area contributed by atoms with Crippen LogP contribution in [0.4, 0.5) is 0 Å². The lowest BCUT2D eigenvalue weighted by atomic mass is 10.4. The van der Waals surface area contributed by atoms with E-state index in [1.54, 1.807) is 0 Å². The minimum atomic E-state index is -3.65. The number of rotatable bonds is 8. The molecule has 0 saturated heterocycles. The van der Waals surface area contributed by atoms with Crippen LogP contribution in [0.1, 0.15) is 6.42 Å². The highest BCUT2D eigenvalue weighted by molar-refractivity contribution is 7.89. The molecule has 2 aromatic carbocycles. The van der Waals surface area contributed by atoms with Gasteiger partial charge < -0.3 is 0 Å². The van der Waals surface area contributed by atoms with Gasteiger partial charge >= 0.3 is 0 Å². The molecule has 0 aliphatic heterocycles. The molecule has 6 nitrogen and oxygen atoms in total. The SMILES string of the molecule is O=S(=O)(NCCCNS(=O)(=O)c1ccc(Cl)cc1)c1ccc(Cl)cc1. The smallest absolute Gasteiger partial charge is 0.211 e. The van der Waals surface area contributed by atoms with Crippen molar-refractivity contribution in [3.63, 3.8) is 0 Å². The molecular weight excluding hydrogens is 407 g/mol. The summed E-state index contributed by atoms with van der Waals surface area (Å²) in [5, 5.41) is 0.881. The van der Waals surface area contributed by atoms with Gasteiger partial charge in [-0.05, 0) is 55.0 Å². The monoisotopic (exact) mass is 422 g/mol. The number of halogens is 2. The maximum absolute atomic E-state index is 12.1. The predicted octanol–water partition coefficient (Wildman–Crippen LogP) is 2.64. The molecule has 0 atom stereocenters. The number of nitrogens with one attached hydrogen (secondary N) is 2. The maximum Gasteiger partial charge on any atom is 0.240 e. The minimum Gasteiger partial charge on any atom is -0.211 e. The van der Waals surface area contributed by atoms with E-state index in [9.17, 15) is 16.8 Å². The Morgan fingerprint density at radius 3 is 1.28 bits per heavy atom. The van der Waals surface area contributed by atoms with Crippen molar-refractivity contribution in [3.05, 3.63) is 58.6 Å². The normalized spacial score (nSPS) is 12.2. The average molecular weight is 423 g/mol. The summed E-state index contributed by atoms with van der Waals surface area (Å²) in [7, 11) is -7.30. The molecule has 2 N–H and O–H groups in total. The highest BCUT2D eigenvalue weighted by Gasteiger charge is 2.15.